The molecule has 2 amide bonds. The molecule has 0 bridgehead atoms. The third kappa shape index (κ3) is 5.65. The predicted octanol–water partition coefficient (Wildman–Crippen LogP) is 4.11. The van der Waals surface area contributed by atoms with E-state index >= 15 is 0 Å². The molecule has 11 heteroatoms. The van der Waals surface area contributed by atoms with Gasteiger partial charge in [-0.1, -0.05) is 47.1 Å². The average molecular weight is 520 g/mol. The Bertz CT molecular complexity index is 1190. The van der Waals surface area contributed by atoms with Crippen LogP contribution in [0.15, 0.2) is 53.1 Å². The number of halogens is 2. The number of nitrogens with zero attached hydrogens (tertiary/aromatic N) is 1. The number of nitriles is 1. The maximum Gasteiger partial charge on any atom is 0.319 e. The van der Waals surface area contributed by atoms with Crippen molar-refractivity contribution in [2.24, 2.45) is 5.92 Å². The fraction of sp³-hybridized carbons (Fsp3) is 0.217. The minimum atomic E-state index is -1.26. The van der Waals surface area contributed by atoms with Crippen LogP contribution in [0.25, 0.3) is 0 Å². The molecular formula is C23H19Cl2N3O5S. The smallest absolute Gasteiger partial charge is 0.319 e. The number of ether oxygens (including phenoxy) is 2. The monoisotopic (exact) mass is 519 g/mol. The molecule has 2 aromatic rings. The number of carbonyl (C=O) groups excluding carboxylic acids is 3. The number of carbonyl (C=O) groups is 3. The van der Waals surface area contributed by atoms with Crippen LogP contribution in [0, 0.1) is 17.2 Å². The predicted molar refractivity (Wildman–Crippen MR) is 130 cm³/mol. The van der Waals surface area contributed by atoms with Crippen LogP contribution >= 0.6 is 35.0 Å². The standard InChI is InChI=1S/C23H19Cl2N3O5S/c1-32-14-6-3-12(4-7-14)19-15(10-26)22(28-21(30)20(19)23(31)33-2)34-11-18(29)27-17-8-5-13(24)9-16(17)25/h3-9,19-20H,11H2,1-2H3,(H,27,29)(H,28,30)/t19-,20+/m0/s1. The van der Waals surface area contributed by atoms with Gasteiger partial charge in [0, 0.05) is 10.9 Å². The van der Waals surface area contributed by atoms with Crippen LogP contribution in [0.2, 0.25) is 10.0 Å². The molecule has 1 aliphatic rings. The molecule has 0 fully saturated rings. The van der Waals surface area contributed by atoms with Gasteiger partial charge >= 0.3 is 5.97 Å². The summed E-state index contributed by atoms with van der Waals surface area (Å²) in [6.07, 6.45) is 0. The molecule has 0 aromatic heterocycles. The molecule has 0 saturated heterocycles. The number of hydrogen-bond acceptors (Lipinski definition) is 7. The minimum Gasteiger partial charge on any atom is -0.497 e. The normalized spacial score (nSPS) is 17.4. The number of anilines is 1. The van der Waals surface area contributed by atoms with Gasteiger partial charge in [0.15, 0.2) is 0 Å². The first-order chi connectivity index (χ1) is 16.3. The van der Waals surface area contributed by atoms with Crippen LogP contribution in [0.3, 0.4) is 0 Å². The zero-order valence-corrected chi connectivity index (χ0v) is 20.4. The second-order valence-electron chi connectivity index (χ2n) is 7.06. The van der Waals surface area contributed by atoms with Crippen LogP contribution in [-0.4, -0.2) is 37.8 Å². The molecule has 2 atom stereocenters. The van der Waals surface area contributed by atoms with Crippen molar-refractivity contribution in [3.63, 3.8) is 0 Å². The topological polar surface area (TPSA) is 118 Å². The number of thioether (sulfide) groups is 1. The van der Waals surface area contributed by atoms with E-state index in [1.807, 2.05) is 0 Å². The Hall–Kier alpha value is -3.19. The van der Waals surface area contributed by atoms with Gasteiger partial charge in [0.25, 0.3) is 0 Å². The number of hydrogen-bond donors (Lipinski definition) is 2. The zero-order valence-electron chi connectivity index (χ0n) is 18.1. The Balaban J connectivity index is 1.89. The molecule has 34 heavy (non-hydrogen) atoms. The zero-order chi connectivity index (χ0) is 24.8. The second kappa shape index (κ2) is 11.3. The van der Waals surface area contributed by atoms with E-state index in [4.69, 9.17) is 32.7 Å². The number of esters is 1. The molecule has 0 saturated carbocycles. The van der Waals surface area contributed by atoms with E-state index in [1.54, 1.807) is 36.4 Å². The van der Waals surface area contributed by atoms with Crippen LogP contribution in [0.5, 0.6) is 5.75 Å². The van der Waals surface area contributed by atoms with Gasteiger partial charge < -0.3 is 20.1 Å². The number of methoxy groups -OCH3 is 2. The molecule has 176 valence electrons. The molecule has 8 nitrogen and oxygen atoms in total. The molecule has 0 unspecified atom stereocenters. The van der Waals surface area contributed by atoms with Crippen molar-refractivity contribution in [1.82, 2.24) is 5.32 Å². The van der Waals surface area contributed by atoms with Gasteiger partial charge in [0.1, 0.15) is 11.7 Å². The lowest BCUT2D eigenvalue weighted by Crippen LogP contribution is -2.44. The van der Waals surface area contributed by atoms with E-state index in [2.05, 4.69) is 16.7 Å². The first kappa shape index (κ1) is 25.4. The van der Waals surface area contributed by atoms with Gasteiger partial charge in [-0.25, -0.2) is 0 Å². The maximum absolute atomic E-state index is 12.9. The van der Waals surface area contributed by atoms with Crippen molar-refractivity contribution in [2.75, 3.05) is 25.3 Å². The van der Waals surface area contributed by atoms with Crippen molar-refractivity contribution < 1.29 is 23.9 Å². The lowest BCUT2D eigenvalue weighted by atomic mass is 9.78. The third-order valence-electron chi connectivity index (χ3n) is 5.01. The van der Waals surface area contributed by atoms with Gasteiger partial charge in [-0.05, 0) is 35.9 Å². The number of rotatable bonds is 7. The summed E-state index contributed by atoms with van der Waals surface area (Å²) >= 11 is 12.9. The van der Waals surface area contributed by atoms with E-state index in [1.165, 1.54) is 20.3 Å². The summed E-state index contributed by atoms with van der Waals surface area (Å²) in [5, 5.41) is 16.1. The Morgan fingerprint density at radius 2 is 1.88 bits per heavy atom. The second-order valence-corrected chi connectivity index (χ2v) is 8.89. The molecule has 1 aliphatic heterocycles. The molecule has 1 heterocycles. The van der Waals surface area contributed by atoms with Crippen LogP contribution < -0.4 is 15.4 Å². The first-order valence-electron chi connectivity index (χ1n) is 9.83. The van der Waals surface area contributed by atoms with E-state index < -0.39 is 29.6 Å². The van der Waals surface area contributed by atoms with Crippen LogP contribution in [0.4, 0.5) is 5.69 Å². The van der Waals surface area contributed by atoms with E-state index in [0.29, 0.717) is 22.0 Å². The summed E-state index contributed by atoms with van der Waals surface area (Å²) in [6.45, 7) is 0. The summed E-state index contributed by atoms with van der Waals surface area (Å²) in [4.78, 5) is 37.8. The van der Waals surface area contributed by atoms with Gasteiger partial charge in [0.2, 0.25) is 11.8 Å². The largest absolute Gasteiger partial charge is 0.497 e. The summed E-state index contributed by atoms with van der Waals surface area (Å²) < 4.78 is 9.98. The van der Waals surface area contributed by atoms with Gasteiger partial charge in [-0.3, -0.25) is 14.4 Å². The minimum absolute atomic E-state index is 0.127. The molecule has 3 rings (SSSR count). The van der Waals surface area contributed by atoms with Crippen molar-refractivity contribution in [3.8, 4) is 11.8 Å². The van der Waals surface area contributed by atoms with Gasteiger partial charge in [-0.15, -0.1) is 0 Å². The van der Waals surface area contributed by atoms with Crippen molar-refractivity contribution in [3.05, 3.63) is 68.7 Å². The molecule has 2 N–H and O–H groups in total. The van der Waals surface area contributed by atoms with Crippen molar-refractivity contribution in [1.29, 1.82) is 5.26 Å². The van der Waals surface area contributed by atoms with Crippen molar-refractivity contribution >= 4 is 58.4 Å². The summed E-state index contributed by atoms with van der Waals surface area (Å²) in [6, 6.07) is 13.4. The van der Waals surface area contributed by atoms with Crippen LogP contribution in [-0.2, 0) is 19.1 Å². The molecule has 0 radical (unpaired) electrons. The molecule has 2 aromatic carbocycles. The third-order valence-corrected chi connectivity index (χ3v) is 6.58. The first-order valence-corrected chi connectivity index (χ1v) is 11.6. The highest BCUT2D eigenvalue weighted by Crippen LogP contribution is 2.40. The maximum atomic E-state index is 12.9. The SMILES string of the molecule is COC(=O)[C@H]1C(=O)NC(SCC(=O)Nc2ccc(Cl)cc2Cl)=C(C#N)[C@@H]1c1ccc(OC)cc1. The average Bonchev–Trinajstić information content (AvgIpc) is 2.83. The van der Waals surface area contributed by atoms with E-state index in [-0.39, 0.29) is 21.4 Å². The molecular weight excluding hydrogens is 501 g/mol. The number of nitrogens with one attached hydrogen (secondary N) is 2. The van der Waals surface area contributed by atoms with Gasteiger partial charge in [-0.2, -0.15) is 5.26 Å². The van der Waals surface area contributed by atoms with E-state index in [0.717, 1.165) is 11.8 Å². The Morgan fingerprint density at radius 3 is 2.47 bits per heavy atom. The lowest BCUT2D eigenvalue weighted by molar-refractivity contribution is -0.150. The number of benzene rings is 2. The number of allylic oxidation sites excluding steroid dienone is 1. The Morgan fingerprint density at radius 1 is 1.18 bits per heavy atom. The fourth-order valence-corrected chi connectivity index (χ4v) is 4.71. The van der Waals surface area contributed by atoms with Crippen LogP contribution in [0.1, 0.15) is 11.5 Å². The Labute approximate surface area is 210 Å². The lowest BCUT2D eigenvalue weighted by Gasteiger charge is -2.31. The highest BCUT2D eigenvalue weighted by Gasteiger charge is 2.44. The van der Waals surface area contributed by atoms with Gasteiger partial charge in [0.05, 0.1) is 47.4 Å². The highest BCUT2D eigenvalue weighted by molar-refractivity contribution is 8.03. The summed E-state index contributed by atoms with van der Waals surface area (Å²) in [7, 11) is 2.69. The summed E-state index contributed by atoms with van der Waals surface area (Å²) in [5.41, 5.74) is 1.07. The fourth-order valence-electron chi connectivity index (χ4n) is 3.41. The summed E-state index contributed by atoms with van der Waals surface area (Å²) in [5.74, 6) is -3.52. The quantitative estimate of drug-likeness (QED) is 0.417. The van der Waals surface area contributed by atoms with Crippen molar-refractivity contribution in [2.45, 2.75) is 5.92 Å². The molecule has 0 spiro atoms. The highest BCUT2D eigenvalue weighted by atomic mass is 35.5. The Kier molecular flexibility index (Phi) is 8.45. The molecule has 0 aliphatic carbocycles. The number of amides is 2. The van der Waals surface area contributed by atoms with E-state index in [9.17, 15) is 19.6 Å².